The lowest BCUT2D eigenvalue weighted by Gasteiger charge is -2.11. The van der Waals surface area contributed by atoms with Crippen molar-refractivity contribution in [1.82, 2.24) is 4.72 Å². The first kappa shape index (κ1) is 17.8. The maximum atomic E-state index is 14.0. The predicted molar refractivity (Wildman–Crippen MR) is 79.9 cm³/mol. The standard InChI is InChI=1S/C15H12F3NO4S/c1-8-3-4-9(16)5-13(8)23-14-7-11(17)10(6-12(14)18)15(20)19-24(2,21)22/h3-7H,1-2H3,(H,19,20). The second-order valence-electron chi connectivity index (χ2n) is 4.98. The molecule has 0 atom stereocenters. The van der Waals surface area contributed by atoms with Crippen LogP contribution in [-0.4, -0.2) is 20.6 Å². The molecule has 0 saturated carbocycles. The highest BCUT2D eigenvalue weighted by molar-refractivity contribution is 7.89. The van der Waals surface area contributed by atoms with Crippen LogP contribution in [0.2, 0.25) is 0 Å². The summed E-state index contributed by atoms with van der Waals surface area (Å²) in [6.07, 6.45) is 0.698. The molecule has 1 amide bonds. The van der Waals surface area contributed by atoms with Crippen molar-refractivity contribution in [1.29, 1.82) is 0 Å². The molecule has 2 aromatic rings. The molecular weight excluding hydrogens is 347 g/mol. The Balaban J connectivity index is 2.36. The Morgan fingerprint density at radius 2 is 1.71 bits per heavy atom. The lowest BCUT2D eigenvalue weighted by molar-refractivity contribution is 0.0977. The van der Waals surface area contributed by atoms with Crippen LogP contribution in [-0.2, 0) is 10.0 Å². The topological polar surface area (TPSA) is 72.5 Å². The van der Waals surface area contributed by atoms with Gasteiger partial charge in [0.1, 0.15) is 17.4 Å². The summed E-state index contributed by atoms with van der Waals surface area (Å²) in [4.78, 5) is 11.6. The van der Waals surface area contributed by atoms with Crippen LogP contribution in [0.15, 0.2) is 30.3 Å². The number of sulfonamides is 1. The molecule has 128 valence electrons. The Morgan fingerprint density at radius 1 is 1.04 bits per heavy atom. The first-order valence-electron chi connectivity index (χ1n) is 6.52. The number of nitrogens with one attached hydrogen (secondary N) is 1. The molecule has 0 aliphatic carbocycles. The van der Waals surface area contributed by atoms with Crippen molar-refractivity contribution < 1.29 is 31.1 Å². The molecule has 0 aliphatic heterocycles. The Hall–Kier alpha value is -2.55. The molecule has 2 aromatic carbocycles. The lowest BCUT2D eigenvalue weighted by atomic mass is 10.2. The van der Waals surface area contributed by atoms with E-state index in [0.717, 1.165) is 6.07 Å². The van der Waals surface area contributed by atoms with Crippen molar-refractivity contribution in [2.45, 2.75) is 6.92 Å². The van der Waals surface area contributed by atoms with Crippen LogP contribution in [0.25, 0.3) is 0 Å². The van der Waals surface area contributed by atoms with E-state index in [4.69, 9.17) is 4.74 Å². The number of ether oxygens (including phenoxy) is 1. The first-order chi connectivity index (χ1) is 11.1. The third-order valence-electron chi connectivity index (χ3n) is 2.91. The number of halogens is 3. The van der Waals surface area contributed by atoms with Crippen LogP contribution in [0, 0.1) is 24.4 Å². The van der Waals surface area contributed by atoms with Crippen LogP contribution in [0.5, 0.6) is 11.5 Å². The average Bonchev–Trinajstić information content (AvgIpc) is 2.44. The smallest absolute Gasteiger partial charge is 0.267 e. The molecule has 0 aromatic heterocycles. The highest BCUT2D eigenvalue weighted by Crippen LogP contribution is 2.29. The molecule has 0 aliphatic rings. The predicted octanol–water partition coefficient (Wildman–Crippen LogP) is 2.89. The van der Waals surface area contributed by atoms with Crippen molar-refractivity contribution in [3.05, 3.63) is 58.9 Å². The molecule has 0 unspecified atom stereocenters. The SMILES string of the molecule is Cc1ccc(F)cc1Oc1cc(F)c(C(=O)NS(C)(=O)=O)cc1F. The summed E-state index contributed by atoms with van der Waals surface area (Å²) >= 11 is 0. The van der Waals surface area contributed by atoms with Crippen molar-refractivity contribution in [2.24, 2.45) is 0 Å². The highest BCUT2D eigenvalue weighted by atomic mass is 32.2. The summed E-state index contributed by atoms with van der Waals surface area (Å²) in [5.74, 6) is -4.85. The summed E-state index contributed by atoms with van der Waals surface area (Å²) in [5.41, 5.74) is -0.323. The lowest BCUT2D eigenvalue weighted by Crippen LogP contribution is -2.30. The van der Waals surface area contributed by atoms with Crippen molar-refractivity contribution in [3.63, 3.8) is 0 Å². The second-order valence-corrected chi connectivity index (χ2v) is 6.73. The third-order valence-corrected chi connectivity index (χ3v) is 3.47. The van der Waals surface area contributed by atoms with Gasteiger partial charge in [-0.15, -0.1) is 0 Å². The van der Waals surface area contributed by atoms with Gasteiger partial charge in [0.25, 0.3) is 5.91 Å². The zero-order chi connectivity index (χ0) is 18.1. The van der Waals surface area contributed by atoms with Crippen molar-refractivity contribution in [3.8, 4) is 11.5 Å². The summed E-state index contributed by atoms with van der Waals surface area (Å²) in [6, 6.07) is 4.65. The molecular formula is C15H12F3NO4S. The number of benzene rings is 2. The second kappa shape index (κ2) is 6.52. The quantitative estimate of drug-likeness (QED) is 0.911. The minimum absolute atomic E-state index is 0.0263. The molecule has 9 heteroatoms. The summed E-state index contributed by atoms with van der Waals surface area (Å²) < 4.78 is 69.8. The Labute approximate surface area is 136 Å². The molecule has 0 bridgehead atoms. The largest absolute Gasteiger partial charge is 0.454 e. The fourth-order valence-electron chi connectivity index (χ4n) is 1.81. The molecule has 0 saturated heterocycles. The van der Waals surface area contributed by atoms with E-state index in [1.165, 1.54) is 16.9 Å². The van der Waals surface area contributed by atoms with Gasteiger partial charge in [-0.1, -0.05) is 6.07 Å². The van der Waals surface area contributed by atoms with E-state index in [-0.39, 0.29) is 5.75 Å². The van der Waals surface area contributed by atoms with E-state index < -0.39 is 44.7 Å². The van der Waals surface area contributed by atoms with E-state index in [1.807, 2.05) is 0 Å². The monoisotopic (exact) mass is 359 g/mol. The van der Waals surface area contributed by atoms with Gasteiger partial charge in [-0.2, -0.15) is 0 Å². The summed E-state index contributed by atoms with van der Waals surface area (Å²) in [6.45, 7) is 1.58. The van der Waals surface area contributed by atoms with E-state index in [2.05, 4.69) is 0 Å². The van der Waals surface area contributed by atoms with Crippen LogP contribution in [0.4, 0.5) is 13.2 Å². The molecule has 0 spiro atoms. The van der Waals surface area contributed by atoms with Gasteiger partial charge in [-0.05, 0) is 24.6 Å². The van der Waals surface area contributed by atoms with Gasteiger partial charge < -0.3 is 4.74 Å². The molecule has 5 nitrogen and oxygen atoms in total. The number of aryl methyl sites for hydroxylation is 1. The Kier molecular flexibility index (Phi) is 4.83. The first-order valence-corrected chi connectivity index (χ1v) is 8.41. The number of hydrogen-bond donors (Lipinski definition) is 1. The molecule has 0 fully saturated rings. The summed E-state index contributed by atoms with van der Waals surface area (Å²) in [5, 5.41) is 0. The van der Waals surface area contributed by atoms with E-state index in [9.17, 15) is 26.4 Å². The fourth-order valence-corrected chi connectivity index (χ4v) is 2.25. The van der Waals surface area contributed by atoms with E-state index >= 15 is 0 Å². The van der Waals surface area contributed by atoms with Gasteiger partial charge in [0.05, 0.1) is 11.8 Å². The van der Waals surface area contributed by atoms with Crippen LogP contribution in [0.1, 0.15) is 15.9 Å². The minimum Gasteiger partial charge on any atom is -0.454 e. The molecule has 0 radical (unpaired) electrons. The van der Waals surface area contributed by atoms with Gasteiger partial charge in [0.2, 0.25) is 10.0 Å². The number of rotatable bonds is 4. The van der Waals surface area contributed by atoms with Crippen molar-refractivity contribution >= 4 is 15.9 Å². The molecule has 2 rings (SSSR count). The van der Waals surface area contributed by atoms with Gasteiger partial charge in [0, 0.05) is 12.1 Å². The van der Waals surface area contributed by atoms with Crippen LogP contribution >= 0.6 is 0 Å². The van der Waals surface area contributed by atoms with Gasteiger partial charge in [-0.25, -0.2) is 26.3 Å². The number of amides is 1. The zero-order valence-electron chi connectivity index (χ0n) is 12.6. The third kappa shape index (κ3) is 4.25. The maximum absolute atomic E-state index is 14.0. The van der Waals surface area contributed by atoms with Crippen molar-refractivity contribution in [2.75, 3.05) is 6.26 Å². The van der Waals surface area contributed by atoms with Crippen LogP contribution in [0.3, 0.4) is 0 Å². The van der Waals surface area contributed by atoms with E-state index in [0.29, 0.717) is 24.0 Å². The van der Waals surface area contributed by atoms with Gasteiger partial charge >= 0.3 is 0 Å². The zero-order valence-corrected chi connectivity index (χ0v) is 13.4. The van der Waals surface area contributed by atoms with E-state index in [1.54, 1.807) is 6.92 Å². The van der Waals surface area contributed by atoms with Gasteiger partial charge in [-0.3, -0.25) is 4.79 Å². The minimum atomic E-state index is -3.93. The molecule has 24 heavy (non-hydrogen) atoms. The van der Waals surface area contributed by atoms with Gasteiger partial charge in [0.15, 0.2) is 11.6 Å². The normalized spacial score (nSPS) is 11.2. The highest BCUT2D eigenvalue weighted by Gasteiger charge is 2.20. The fraction of sp³-hybridized carbons (Fsp3) is 0.133. The number of hydrogen-bond acceptors (Lipinski definition) is 4. The van der Waals surface area contributed by atoms with Crippen LogP contribution < -0.4 is 9.46 Å². The Bertz CT molecular complexity index is 913. The molecule has 0 heterocycles. The maximum Gasteiger partial charge on any atom is 0.267 e. The summed E-state index contributed by atoms with van der Waals surface area (Å²) in [7, 11) is -3.93. The average molecular weight is 359 g/mol. The number of carbonyl (C=O) groups is 1. The Morgan fingerprint density at radius 3 is 2.33 bits per heavy atom. The molecule has 1 N–H and O–H groups in total. The number of carbonyl (C=O) groups excluding carboxylic acids is 1.